The summed E-state index contributed by atoms with van der Waals surface area (Å²) in [6.45, 7) is 5.44. The van der Waals surface area contributed by atoms with Gasteiger partial charge in [0.1, 0.15) is 10.5 Å². The maximum atomic E-state index is 11.4. The first-order valence-corrected chi connectivity index (χ1v) is 4.65. The van der Waals surface area contributed by atoms with E-state index in [1.54, 1.807) is 0 Å². The number of hydrogen-bond donors (Lipinski definition) is 1. The van der Waals surface area contributed by atoms with Crippen LogP contribution in [0.25, 0.3) is 0 Å². The lowest BCUT2D eigenvalue weighted by Gasteiger charge is -2.18. The number of nitrogen functional groups attached to an aromatic ring is 1. The van der Waals surface area contributed by atoms with Gasteiger partial charge in [-0.1, -0.05) is 11.3 Å². The number of thiazole rings is 1. The van der Waals surface area contributed by atoms with Gasteiger partial charge in [-0.2, -0.15) is 0 Å². The summed E-state index contributed by atoms with van der Waals surface area (Å²) >= 11 is 1.13. The van der Waals surface area contributed by atoms with Crippen molar-refractivity contribution in [3.63, 3.8) is 0 Å². The van der Waals surface area contributed by atoms with Crippen LogP contribution in [0.4, 0.5) is 5.13 Å². The van der Waals surface area contributed by atoms with Crippen LogP contribution in [0.15, 0.2) is 6.20 Å². The SMILES string of the molecule is CC(C)(C)OC(=O)c1cnc(N)s1. The first-order chi connectivity index (χ1) is 5.88. The molecule has 72 valence electrons. The van der Waals surface area contributed by atoms with Gasteiger partial charge in [-0.15, -0.1) is 0 Å². The Hall–Kier alpha value is -1.10. The van der Waals surface area contributed by atoms with Crippen molar-refractivity contribution < 1.29 is 9.53 Å². The van der Waals surface area contributed by atoms with Crippen LogP contribution in [-0.4, -0.2) is 16.6 Å². The van der Waals surface area contributed by atoms with Gasteiger partial charge in [0, 0.05) is 0 Å². The van der Waals surface area contributed by atoms with Gasteiger partial charge >= 0.3 is 5.97 Å². The van der Waals surface area contributed by atoms with Gasteiger partial charge in [-0.05, 0) is 20.8 Å². The molecule has 1 aromatic rings. The van der Waals surface area contributed by atoms with Crippen LogP contribution in [-0.2, 0) is 4.74 Å². The maximum absolute atomic E-state index is 11.4. The number of anilines is 1. The summed E-state index contributed by atoms with van der Waals surface area (Å²) in [6.07, 6.45) is 1.42. The standard InChI is InChI=1S/C8H12N2O2S/c1-8(2,3)12-6(11)5-4-10-7(9)13-5/h4H,1-3H3,(H2,9,10). The first-order valence-electron chi connectivity index (χ1n) is 3.83. The quantitative estimate of drug-likeness (QED) is 0.700. The highest BCUT2D eigenvalue weighted by Gasteiger charge is 2.19. The zero-order valence-corrected chi connectivity index (χ0v) is 8.64. The Morgan fingerprint density at radius 1 is 1.62 bits per heavy atom. The third-order valence-corrected chi connectivity index (χ3v) is 1.93. The lowest BCUT2D eigenvalue weighted by Crippen LogP contribution is -2.23. The molecule has 0 bridgehead atoms. The predicted molar refractivity (Wildman–Crippen MR) is 51.7 cm³/mol. The number of ether oxygens (including phenoxy) is 1. The number of esters is 1. The number of carbonyl (C=O) groups excluding carboxylic acids is 1. The number of rotatable bonds is 1. The zero-order valence-electron chi connectivity index (χ0n) is 7.83. The number of nitrogens with two attached hydrogens (primary N) is 1. The van der Waals surface area contributed by atoms with E-state index in [1.807, 2.05) is 20.8 Å². The Balaban J connectivity index is 2.70. The van der Waals surface area contributed by atoms with Gasteiger partial charge in [0.25, 0.3) is 0 Å². The molecule has 0 amide bonds. The molecule has 5 heteroatoms. The van der Waals surface area contributed by atoms with Crippen LogP contribution in [0.1, 0.15) is 30.4 Å². The van der Waals surface area contributed by atoms with Gasteiger partial charge in [-0.3, -0.25) is 0 Å². The van der Waals surface area contributed by atoms with E-state index < -0.39 is 5.60 Å². The van der Waals surface area contributed by atoms with E-state index in [2.05, 4.69) is 4.98 Å². The molecule has 0 aliphatic rings. The minimum atomic E-state index is -0.476. The molecule has 0 radical (unpaired) electrons. The van der Waals surface area contributed by atoms with Gasteiger partial charge < -0.3 is 10.5 Å². The average Bonchev–Trinajstić information content (AvgIpc) is 2.31. The van der Waals surface area contributed by atoms with Gasteiger partial charge in [-0.25, -0.2) is 9.78 Å². The Kier molecular flexibility index (Phi) is 2.56. The second kappa shape index (κ2) is 3.33. The summed E-state index contributed by atoms with van der Waals surface area (Å²) in [5.74, 6) is -0.373. The first kappa shape index (κ1) is 9.98. The maximum Gasteiger partial charge on any atom is 0.350 e. The Morgan fingerprint density at radius 2 is 2.23 bits per heavy atom. The molecule has 0 unspecified atom stereocenters. The lowest BCUT2D eigenvalue weighted by atomic mass is 10.2. The van der Waals surface area contributed by atoms with E-state index in [9.17, 15) is 4.79 Å². The zero-order chi connectivity index (χ0) is 10.1. The average molecular weight is 200 g/mol. The van der Waals surface area contributed by atoms with Crippen LogP contribution in [0.5, 0.6) is 0 Å². The van der Waals surface area contributed by atoms with E-state index in [0.717, 1.165) is 11.3 Å². The molecule has 2 N–H and O–H groups in total. The van der Waals surface area contributed by atoms with Gasteiger partial charge in [0.05, 0.1) is 6.20 Å². The van der Waals surface area contributed by atoms with Crippen molar-refractivity contribution in [1.29, 1.82) is 0 Å². The van der Waals surface area contributed by atoms with Gasteiger partial charge in [0.15, 0.2) is 5.13 Å². The van der Waals surface area contributed by atoms with Crippen molar-refractivity contribution in [2.75, 3.05) is 5.73 Å². The second-order valence-electron chi connectivity index (χ2n) is 3.56. The van der Waals surface area contributed by atoms with E-state index in [4.69, 9.17) is 10.5 Å². The second-order valence-corrected chi connectivity index (χ2v) is 4.63. The molecule has 0 aromatic carbocycles. The highest BCUT2D eigenvalue weighted by atomic mass is 32.1. The van der Waals surface area contributed by atoms with Crippen LogP contribution in [0.2, 0.25) is 0 Å². The lowest BCUT2D eigenvalue weighted by molar-refractivity contribution is 0.00750. The fraction of sp³-hybridized carbons (Fsp3) is 0.500. The Bertz CT molecular complexity index is 314. The Morgan fingerprint density at radius 3 is 2.62 bits per heavy atom. The van der Waals surface area contributed by atoms with Gasteiger partial charge in [0.2, 0.25) is 0 Å². The van der Waals surface area contributed by atoms with E-state index >= 15 is 0 Å². The molecule has 0 saturated carbocycles. The summed E-state index contributed by atoms with van der Waals surface area (Å²) in [7, 11) is 0. The van der Waals surface area contributed by atoms with Crippen LogP contribution in [0, 0.1) is 0 Å². The largest absolute Gasteiger partial charge is 0.456 e. The van der Waals surface area contributed by atoms with E-state index in [1.165, 1.54) is 6.20 Å². The molecule has 0 fully saturated rings. The van der Waals surface area contributed by atoms with E-state index in [-0.39, 0.29) is 5.97 Å². The normalized spacial score (nSPS) is 11.3. The van der Waals surface area contributed by atoms with Crippen molar-refractivity contribution in [2.45, 2.75) is 26.4 Å². The molecule has 1 aromatic heterocycles. The molecular weight excluding hydrogens is 188 g/mol. The molecule has 0 saturated heterocycles. The van der Waals surface area contributed by atoms with Crippen molar-refractivity contribution in [3.8, 4) is 0 Å². The molecule has 1 heterocycles. The molecule has 1 rings (SSSR count). The van der Waals surface area contributed by atoms with Crippen LogP contribution in [0.3, 0.4) is 0 Å². The fourth-order valence-corrected chi connectivity index (χ4v) is 1.27. The molecular formula is C8H12N2O2S. The summed E-state index contributed by atoms with van der Waals surface area (Å²) < 4.78 is 5.11. The topological polar surface area (TPSA) is 65.2 Å². The van der Waals surface area contributed by atoms with Crippen molar-refractivity contribution in [1.82, 2.24) is 4.98 Å². The predicted octanol–water partition coefficient (Wildman–Crippen LogP) is 1.68. The monoisotopic (exact) mass is 200 g/mol. The van der Waals surface area contributed by atoms with Crippen molar-refractivity contribution >= 4 is 22.4 Å². The molecule has 0 atom stereocenters. The Labute approximate surface area is 80.7 Å². The minimum absolute atomic E-state index is 0.373. The number of hydrogen-bond acceptors (Lipinski definition) is 5. The highest BCUT2D eigenvalue weighted by molar-refractivity contribution is 7.17. The number of nitrogens with zero attached hydrogens (tertiary/aromatic N) is 1. The summed E-state index contributed by atoms with van der Waals surface area (Å²) in [4.78, 5) is 15.6. The summed E-state index contributed by atoms with van der Waals surface area (Å²) in [5, 5.41) is 0.376. The summed E-state index contributed by atoms with van der Waals surface area (Å²) in [5.41, 5.74) is 4.90. The third kappa shape index (κ3) is 3.02. The minimum Gasteiger partial charge on any atom is -0.456 e. The van der Waals surface area contributed by atoms with Crippen LogP contribution >= 0.6 is 11.3 Å². The molecule has 0 aliphatic heterocycles. The molecule has 0 aliphatic carbocycles. The highest BCUT2D eigenvalue weighted by Crippen LogP contribution is 2.18. The molecule has 4 nitrogen and oxygen atoms in total. The number of carbonyl (C=O) groups is 1. The third-order valence-electron chi connectivity index (χ3n) is 1.12. The van der Waals surface area contributed by atoms with E-state index in [0.29, 0.717) is 10.0 Å². The van der Waals surface area contributed by atoms with Crippen LogP contribution < -0.4 is 5.73 Å². The molecule has 0 spiro atoms. The van der Waals surface area contributed by atoms with Crippen molar-refractivity contribution in [3.05, 3.63) is 11.1 Å². The fourth-order valence-electron chi connectivity index (χ4n) is 0.710. The van der Waals surface area contributed by atoms with Crippen molar-refractivity contribution in [2.24, 2.45) is 0 Å². The summed E-state index contributed by atoms with van der Waals surface area (Å²) in [6, 6.07) is 0. The number of aromatic nitrogens is 1. The smallest absolute Gasteiger partial charge is 0.350 e. The molecule has 13 heavy (non-hydrogen) atoms.